The van der Waals surface area contributed by atoms with Gasteiger partial charge in [-0.15, -0.1) is 0 Å². The topological polar surface area (TPSA) is 75.7 Å². The second-order valence-electron chi connectivity index (χ2n) is 6.94. The van der Waals surface area contributed by atoms with Crippen molar-refractivity contribution in [3.63, 3.8) is 0 Å². The average molecular weight is 405 g/mol. The number of rotatable bonds is 9. The van der Waals surface area contributed by atoms with E-state index in [1.807, 2.05) is 45.0 Å². The largest absolute Gasteiger partial charge is 0.489 e. The summed E-state index contributed by atoms with van der Waals surface area (Å²) in [7, 11) is -3.44. The van der Waals surface area contributed by atoms with Gasteiger partial charge in [0, 0.05) is 13.0 Å². The molecular weight excluding hydrogens is 376 g/mol. The van der Waals surface area contributed by atoms with E-state index in [4.69, 9.17) is 4.74 Å². The van der Waals surface area contributed by atoms with E-state index in [1.54, 1.807) is 24.3 Å². The molecule has 0 aliphatic carbocycles. The Morgan fingerprint density at radius 3 is 2.39 bits per heavy atom. The third-order valence-corrected chi connectivity index (χ3v) is 5.25. The first kappa shape index (κ1) is 21.8. The molecule has 0 fully saturated rings. The number of para-hydroxylation sites is 3. The Kier molecular flexibility index (Phi) is 7.45. The smallest absolute Gasteiger partial charge is 0.232 e. The van der Waals surface area contributed by atoms with Crippen LogP contribution >= 0.6 is 0 Å². The van der Waals surface area contributed by atoms with E-state index in [0.29, 0.717) is 23.5 Å². The lowest BCUT2D eigenvalue weighted by atomic mass is 10.2. The second kappa shape index (κ2) is 9.59. The Morgan fingerprint density at radius 1 is 1.11 bits per heavy atom. The summed E-state index contributed by atoms with van der Waals surface area (Å²) in [6, 6.07) is 14.6. The maximum absolute atomic E-state index is 12.4. The van der Waals surface area contributed by atoms with Gasteiger partial charge in [-0.1, -0.05) is 30.3 Å². The summed E-state index contributed by atoms with van der Waals surface area (Å²) in [4.78, 5) is 12.4. The maximum atomic E-state index is 12.4. The lowest BCUT2D eigenvalue weighted by molar-refractivity contribution is -0.116. The maximum Gasteiger partial charge on any atom is 0.232 e. The number of hydrogen-bond donors (Lipinski definition) is 1. The molecule has 0 radical (unpaired) electrons. The summed E-state index contributed by atoms with van der Waals surface area (Å²) in [5.74, 6) is 0.432. The molecule has 0 heterocycles. The molecule has 2 aromatic carbocycles. The van der Waals surface area contributed by atoms with Gasteiger partial charge < -0.3 is 10.1 Å². The van der Waals surface area contributed by atoms with Crippen molar-refractivity contribution in [2.45, 2.75) is 39.7 Å². The number of nitrogens with zero attached hydrogens (tertiary/aromatic N) is 1. The minimum Gasteiger partial charge on any atom is -0.489 e. The van der Waals surface area contributed by atoms with Gasteiger partial charge in [-0.05, 0) is 51.0 Å². The molecule has 0 saturated heterocycles. The van der Waals surface area contributed by atoms with Crippen LogP contribution in [0, 0.1) is 6.92 Å². The molecule has 0 unspecified atom stereocenters. The van der Waals surface area contributed by atoms with Crippen LogP contribution in [0.3, 0.4) is 0 Å². The van der Waals surface area contributed by atoms with Gasteiger partial charge in [-0.25, -0.2) is 8.42 Å². The van der Waals surface area contributed by atoms with Crippen molar-refractivity contribution in [1.29, 1.82) is 0 Å². The Morgan fingerprint density at radius 2 is 1.75 bits per heavy atom. The van der Waals surface area contributed by atoms with Crippen LogP contribution < -0.4 is 14.4 Å². The first-order valence-corrected chi connectivity index (χ1v) is 11.1. The first-order valence-electron chi connectivity index (χ1n) is 9.27. The van der Waals surface area contributed by atoms with Crippen LogP contribution in [-0.4, -0.2) is 33.2 Å². The standard InChI is InChI=1S/C21H28N2O4S/c1-16(2)27-20-13-8-6-11-18(20)22-21(24)14-9-15-23(28(4,25)26)19-12-7-5-10-17(19)3/h5-8,10-13,16H,9,14-15H2,1-4H3,(H,22,24). The molecule has 0 aliphatic rings. The van der Waals surface area contributed by atoms with Crippen LogP contribution in [0.4, 0.5) is 11.4 Å². The van der Waals surface area contributed by atoms with Crippen molar-refractivity contribution >= 4 is 27.3 Å². The minimum absolute atomic E-state index is 0.00418. The summed E-state index contributed by atoms with van der Waals surface area (Å²) in [5, 5.41) is 2.85. The monoisotopic (exact) mass is 404 g/mol. The van der Waals surface area contributed by atoms with Crippen LogP contribution in [0.15, 0.2) is 48.5 Å². The molecule has 0 bridgehead atoms. The van der Waals surface area contributed by atoms with Gasteiger partial charge in [0.2, 0.25) is 15.9 Å². The lowest BCUT2D eigenvalue weighted by Gasteiger charge is -2.24. The highest BCUT2D eigenvalue weighted by Gasteiger charge is 2.19. The highest BCUT2D eigenvalue weighted by Crippen LogP contribution is 2.25. The number of carbonyl (C=O) groups is 1. The van der Waals surface area contributed by atoms with Crippen molar-refractivity contribution in [2.75, 3.05) is 22.4 Å². The zero-order valence-electron chi connectivity index (χ0n) is 16.8. The second-order valence-corrected chi connectivity index (χ2v) is 8.84. The third kappa shape index (κ3) is 6.27. The SMILES string of the molecule is Cc1ccccc1N(CCCC(=O)Nc1ccccc1OC(C)C)S(C)(=O)=O. The minimum atomic E-state index is -3.44. The predicted octanol–water partition coefficient (Wildman–Crippen LogP) is 3.97. The van der Waals surface area contributed by atoms with Crippen molar-refractivity contribution in [3.8, 4) is 5.75 Å². The van der Waals surface area contributed by atoms with Gasteiger partial charge in [-0.2, -0.15) is 0 Å². The van der Waals surface area contributed by atoms with Crippen molar-refractivity contribution < 1.29 is 17.9 Å². The van der Waals surface area contributed by atoms with E-state index in [2.05, 4.69) is 5.32 Å². The molecule has 7 heteroatoms. The van der Waals surface area contributed by atoms with Crippen LogP contribution in [0.2, 0.25) is 0 Å². The first-order chi connectivity index (χ1) is 13.2. The molecule has 152 valence electrons. The zero-order valence-corrected chi connectivity index (χ0v) is 17.6. The van der Waals surface area contributed by atoms with E-state index >= 15 is 0 Å². The molecule has 0 aliphatic heterocycles. The number of hydrogen-bond acceptors (Lipinski definition) is 4. The zero-order chi connectivity index (χ0) is 20.7. The quantitative estimate of drug-likeness (QED) is 0.686. The summed E-state index contributed by atoms with van der Waals surface area (Å²) in [6.07, 6.45) is 1.78. The summed E-state index contributed by atoms with van der Waals surface area (Å²) < 4.78 is 31.5. The number of anilines is 2. The van der Waals surface area contributed by atoms with Gasteiger partial charge in [0.15, 0.2) is 0 Å². The van der Waals surface area contributed by atoms with Gasteiger partial charge in [-0.3, -0.25) is 9.10 Å². The highest BCUT2D eigenvalue weighted by molar-refractivity contribution is 7.92. The van der Waals surface area contributed by atoms with Crippen molar-refractivity contribution in [3.05, 3.63) is 54.1 Å². The Hall–Kier alpha value is -2.54. The number of sulfonamides is 1. The summed E-state index contributed by atoms with van der Waals surface area (Å²) >= 11 is 0. The van der Waals surface area contributed by atoms with E-state index in [-0.39, 0.29) is 25.0 Å². The van der Waals surface area contributed by atoms with Gasteiger partial charge >= 0.3 is 0 Å². The summed E-state index contributed by atoms with van der Waals surface area (Å²) in [5.41, 5.74) is 2.12. The normalized spacial score (nSPS) is 11.3. The molecule has 2 rings (SSSR count). The Labute approximate surface area is 167 Å². The molecule has 2 aromatic rings. The van der Waals surface area contributed by atoms with Gasteiger partial charge in [0.05, 0.1) is 23.7 Å². The number of aryl methyl sites for hydroxylation is 1. The van der Waals surface area contributed by atoms with Crippen LogP contribution in [0.5, 0.6) is 5.75 Å². The van der Waals surface area contributed by atoms with Gasteiger partial charge in [0.25, 0.3) is 0 Å². The number of ether oxygens (including phenoxy) is 1. The molecular formula is C21H28N2O4S. The Bertz CT molecular complexity index is 910. The fourth-order valence-corrected chi connectivity index (χ4v) is 3.85. The van der Waals surface area contributed by atoms with E-state index in [0.717, 1.165) is 5.56 Å². The molecule has 1 amide bonds. The number of nitrogens with one attached hydrogen (secondary N) is 1. The highest BCUT2D eigenvalue weighted by atomic mass is 32.2. The summed E-state index contributed by atoms with van der Waals surface area (Å²) in [6.45, 7) is 5.95. The van der Waals surface area contributed by atoms with Crippen molar-refractivity contribution in [1.82, 2.24) is 0 Å². The molecule has 0 atom stereocenters. The van der Waals surface area contributed by atoms with Crippen LogP contribution in [-0.2, 0) is 14.8 Å². The van der Waals surface area contributed by atoms with Crippen LogP contribution in [0.1, 0.15) is 32.3 Å². The van der Waals surface area contributed by atoms with Crippen molar-refractivity contribution in [2.24, 2.45) is 0 Å². The fourth-order valence-electron chi connectivity index (χ4n) is 2.83. The molecule has 0 saturated carbocycles. The lowest BCUT2D eigenvalue weighted by Crippen LogP contribution is -2.32. The number of carbonyl (C=O) groups excluding carboxylic acids is 1. The number of benzene rings is 2. The molecule has 0 aromatic heterocycles. The van der Waals surface area contributed by atoms with E-state index in [9.17, 15) is 13.2 Å². The molecule has 6 nitrogen and oxygen atoms in total. The van der Waals surface area contributed by atoms with Crippen LogP contribution in [0.25, 0.3) is 0 Å². The molecule has 28 heavy (non-hydrogen) atoms. The van der Waals surface area contributed by atoms with Gasteiger partial charge in [0.1, 0.15) is 5.75 Å². The molecule has 0 spiro atoms. The Balaban J connectivity index is 2.00. The third-order valence-electron chi connectivity index (χ3n) is 4.07. The fraction of sp³-hybridized carbons (Fsp3) is 0.381. The molecule has 1 N–H and O–H groups in total. The van der Waals surface area contributed by atoms with E-state index < -0.39 is 10.0 Å². The van der Waals surface area contributed by atoms with E-state index in [1.165, 1.54) is 10.6 Å². The average Bonchev–Trinajstić information content (AvgIpc) is 2.60. The number of amides is 1. The predicted molar refractivity (Wildman–Crippen MR) is 113 cm³/mol.